The predicted octanol–water partition coefficient (Wildman–Crippen LogP) is 2.48. The zero-order valence-corrected chi connectivity index (χ0v) is 10.6. The summed E-state index contributed by atoms with van der Waals surface area (Å²) in [5.74, 6) is 0.840. The molecule has 3 nitrogen and oxygen atoms in total. The van der Waals surface area contributed by atoms with E-state index in [-0.39, 0.29) is 0 Å². The minimum atomic E-state index is 0.840. The highest BCUT2D eigenvalue weighted by Gasteiger charge is 2.20. The maximum Gasteiger partial charge on any atom is 0.137 e. The number of likely N-dealkylation sites (tertiary alicyclic amines) is 1. The molecule has 1 aliphatic rings. The number of aromatic nitrogens is 2. The lowest BCUT2D eigenvalue weighted by molar-refractivity contribution is 0.316. The highest BCUT2D eigenvalue weighted by molar-refractivity contribution is 5.42. The van der Waals surface area contributed by atoms with Crippen molar-refractivity contribution in [2.24, 2.45) is 5.92 Å². The van der Waals surface area contributed by atoms with E-state index in [1.54, 1.807) is 0 Å². The van der Waals surface area contributed by atoms with Gasteiger partial charge in [-0.05, 0) is 37.9 Å². The first kappa shape index (κ1) is 10.8. The summed E-state index contributed by atoms with van der Waals surface area (Å²) in [7, 11) is 0. The van der Waals surface area contributed by atoms with E-state index in [0.717, 1.165) is 18.1 Å². The van der Waals surface area contributed by atoms with Crippen LogP contribution >= 0.6 is 0 Å². The Morgan fingerprint density at radius 1 is 1.41 bits per heavy atom. The van der Waals surface area contributed by atoms with Crippen LogP contribution in [0.3, 0.4) is 0 Å². The fraction of sp³-hybridized carbons (Fsp3) is 0.500. The fourth-order valence-electron chi connectivity index (χ4n) is 2.70. The molecule has 0 aromatic carbocycles. The molecule has 0 saturated carbocycles. The maximum absolute atomic E-state index is 4.72. The van der Waals surface area contributed by atoms with E-state index in [2.05, 4.69) is 41.5 Å². The maximum atomic E-state index is 4.72. The highest BCUT2D eigenvalue weighted by atomic mass is 15.2. The van der Waals surface area contributed by atoms with Gasteiger partial charge in [0.05, 0.1) is 5.69 Å². The Morgan fingerprint density at radius 2 is 2.29 bits per heavy atom. The summed E-state index contributed by atoms with van der Waals surface area (Å²) in [6, 6.07) is 6.18. The Kier molecular flexibility index (Phi) is 2.63. The van der Waals surface area contributed by atoms with Gasteiger partial charge in [-0.15, -0.1) is 0 Å². The van der Waals surface area contributed by atoms with Gasteiger partial charge in [-0.25, -0.2) is 4.98 Å². The van der Waals surface area contributed by atoms with Crippen molar-refractivity contribution in [1.29, 1.82) is 0 Å². The van der Waals surface area contributed by atoms with E-state index >= 15 is 0 Å². The number of rotatable bonds is 2. The molecule has 2 aromatic rings. The van der Waals surface area contributed by atoms with Gasteiger partial charge in [-0.1, -0.05) is 13.0 Å². The van der Waals surface area contributed by atoms with Gasteiger partial charge in [-0.2, -0.15) is 0 Å². The standard InChI is InChI=1S/C14H19N3/c1-11-6-8-16(9-11)10-13-12(2)17-7-4-3-5-14(17)15-13/h3-5,7,11H,6,8-10H2,1-2H3/t11-/m1/s1. The smallest absolute Gasteiger partial charge is 0.137 e. The van der Waals surface area contributed by atoms with Crippen molar-refractivity contribution in [2.75, 3.05) is 13.1 Å². The summed E-state index contributed by atoms with van der Waals surface area (Å²) in [5, 5.41) is 0. The Morgan fingerprint density at radius 3 is 3.00 bits per heavy atom. The van der Waals surface area contributed by atoms with Crippen molar-refractivity contribution < 1.29 is 0 Å². The number of pyridine rings is 1. The van der Waals surface area contributed by atoms with E-state index in [1.165, 1.54) is 30.9 Å². The third kappa shape index (κ3) is 1.95. The lowest BCUT2D eigenvalue weighted by Crippen LogP contribution is -2.20. The second kappa shape index (κ2) is 4.15. The van der Waals surface area contributed by atoms with Crippen LogP contribution in [0.5, 0.6) is 0 Å². The molecule has 90 valence electrons. The normalized spacial score (nSPS) is 21.4. The molecule has 3 heterocycles. The molecule has 3 rings (SSSR count). The molecule has 0 unspecified atom stereocenters. The third-order valence-electron chi connectivity index (χ3n) is 3.75. The molecule has 0 radical (unpaired) electrons. The van der Waals surface area contributed by atoms with Crippen LogP contribution in [0.15, 0.2) is 24.4 Å². The van der Waals surface area contributed by atoms with Crippen molar-refractivity contribution in [3.8, 4) is 0 Å². The Balaban J connectivity index is 1.88. The van der Waals surface area contributed by atoms with E-state index in [1.807, 2.05) is 6.07 Å². The average Bonchev–Trinajstić information content (AvgIpc) is 2.86. The first-order valence-electron chi connectivity index (χ1n) is 6.39. The quantitative estimate of drug-likeness (QED) is 0.788. The fourth-order valence-corrected chi connectivity index (χ4v) is 2.70. The summed E-state index contributed by atoms with van der Waals surface area (Å²) in [5.41, 5.74) is 3.57. The SMILES string of the molecule is Cc1c(CN2CC[C@@H](C)C2)nc2ccccn12. The average molecular weight is 229 g/mol. The summed E-state index contributed by atoms with van der Waals surface area (Å²) >= 11 is 0. The first-order valence-corrected chi connectivity index (χ1v) is 6.39. The van der Waals surface area contributed by atoms with Gasteiger partial charge in [0.25, 0.3) is 0 Å². The summed E-state index contributed by atoms with van der Waals surface area (Å²) < 4.78 is 2.18. The first-order chi connectivity index (χ1) is 8.24. The molecule has 0 bridgehead atoms. The van der Waals surface area contributed by atoms with Crippen LogP contribution in [-0.4, -0.2) is 27.4 Å². The molecule has 0 spiro atoms. The van der Waals surface area contributed by atoms with Crippen LogP contribution in [0.2, 0.25) is 0 Å². The van der Waals surface area contributed by atoms with Gasteiger partial charge in [0.2, 0.25) is 0 Å². The minimum absolute atomic E-state index is 0.840. The molecule has 1 aliphatic heterocycles. The van der Waals surface area contributed by atoms with Gasteiger partial charge in [0.15, 0.2) is 0 Å². The molecular formula is C14H19N3. The molecule has 2 aromatic heterocycles. The van der Waals surface area contributed by atoms with E-state index in [9.17, 15) is 0 Å². The van der Waals surface area contributed by atoms with Crippen LogP contribution in [0, 0.1) is 12.8 Å². The van der Waals surface area contributed by atoms with Crippen molar-refractivity contribution in [3.63, 3.8) is 0 Å². The number of nitrogens with zero attached hydrogens (tertiary/aromatic N) is 3. The van der Waals surface area contributed by atoms with Crippen LogP contribution in [0.25, 0.3) is 5.65 Å². The van der Waals surface area contributed by atoms with Crippen LogP contribution < -0.4 is 0 Å². The van der Waals surface area contributed by atoms with E-state index in [0.29, 0.717) is 0 Å². The summed E-state index contributed by atoms with van der Waals surface area (Å²) in [6.07, 6.45) is 3.42. The molecule has 0 N–H and O–H groups in total. The lowest BCUT2D eigenvalue weighted by Gasteiger charge is -2.13. The van der Waals surface area contributed by atoms with Gasteiger partial charge in [0.1, 0.15) is 5.65 Å². The number of imidazole rings is 1. The zero-order valence-electron chi connectivity index (χ0n) is 10.6. The summed E-state index contributed by atoms with van der Waals surface area (Å²) in [4.78, 5) is 7.24. The van der Waals surface area contributed by atoms with Gasteiger partial charge in [-0.3, -0.25) is 4.90 Å². The largest absolute Gasteiger partial charge is 0.304 e. The van der Waals surface area contributed by atoms with Crippen molar-refractivity contribution >= 4 is 5.65 Å². The molecule has 0 aliphatic carbocycles. The van der Waals surface area contributed by atoms with Gasteiger partial charge >= 0.3 is 0 Å². The van der Waals surface area contributed by atoms with Crippen molar-refractivity contribution in [1.82, 2.24) is 14.3 Å². The summed E-state index contributed by atoms with van der Waals surface area (Å²) in [6.45, 7) is 7.92. The predicted molar refractivity (Wildman–Crippen MR) is 69.0 cm³/mol. The molecular weight excluding hydrogens is 210 g/mol. The van der Waals surface area contributed by atoms with Gasteiger partial charge < -0.3 is 4.40 Å². The highest BCUT2D eigenvalue weighted by Crippen LogP contribution is 2.19. The van der Waals surface area contributed by atoms with Crippen molar-refractivity contribution in [2.45, 2.75) is 26.8 Å². The topological polar surface area (TPSA) is 20.5 Å². The second-order valence-corrected chi connectivity index (χ2v) is 5.20. The van der Waals surface area contributed by atoms with E-state index in [4.69, 9.17) is 4.98 Å². The Labute approximate surface area is 102 Å². The van der Waals surface area contributed by atoms with Gasteiger partial charge in [0, 0.05) is 25.0 Å². The minimum Gasteiger partial charge on any atom is -0.304 e. The zero-order chi connectivity index (χ0) is 11.8. The molecule has 0 amide bonds. The molecule has 17 heavy (non-hydrogen) atoms. The Bertz CT molecular complexity index is 529. The number of hydrogen-bond acceptors (Lipinski definition) is 2. The second-order valence-electron chi connectivity index (χ2n) is 5.20. The third-order valence-corrected chi connectivity index (χ3v) is 3.75. The van der Waals surface area contributed by atoms with Crippen LogP contribution in [0.4, 0.5) is 0 Å². The van der Waals surface area contributed by atoms with E-state index < -0.39 is 0 Å². The number of aryl methyl sites for hydroxylation is 1. The molecule has 3 heteroatoms. The molecule has 1 fully saturated rings. The Hall–Kier alpha value is -1.35. The van der Waals surface area contributed by atoms with Crippen LogP contribution in [0.1, 0.15) is 24.7 Å². The van der Waals surface area contributed by atoms with Crippen molar-refractivity contribution in [3.05, 3.63) is 35.8 Å². The lowest BCUT2D eigenvalue weighted by atomic mass is 10.2. The monoisotopic (exact) mass is 229 g/mol. The number of hydrogen-bond donors (Lipinski definition) is 0. The van der Waals surface area contributed by atoms with Crippen LogP contribution in [-0.2, 0) is 6.54 Å². The molecule has 1 saturated heterocycles. The molecule has 1 atom stereocenters. The number of fused-ring (bicyclic) bond motifs is 1.